The Labute approximate surface area is 413 Å². The number of Topliss-reactive ketones (excluding diaryl/α,β-unsaturated/α-hetero) is 2. The van der Waals surface area contributed by atoms with Gasteiger partial charge in [-0.05, 0) is 117 Å². The highest BCUT2D eigenvalue weighted by atomic mass is 16.5. The Morgan fingerprint density at radius 2 is 0.819 bits per heavy atom. The number of ketones is 2. The maximum absolute atomic E-state index is 15.8. The van der Waals surface area contributed by atoms with Crippen molar-refractivity contribution in [2.75, 3.05) is 42.7 Å². The van der Waals surface area contributed by atoms with Crippen molar-refractivity contribution in [1.29, 1.82) is 0 Å². The summed E-state index contributed by atoms with van der Waals surface area (Å²) >= 11 is 0. The predicted molar refractivity (Wildman–Crippen MR) is 277 cm³/mol. The Morgan fingerprint density at radius 3 is 1.22 bits per heavy atom. The minimum Gasteiger partial charge on any atom is -0.493 e. The van der Waals surface area contributed by atoms with Crippen LogP contribution in [0.1, 0.15) is 65.7 Å². The highest BCUT2D eigenvalue weighted by Crippen LogP contribution is 2.54. The number of nitrogens with zero attached hydrogens (tertiary/aromatic N) is 2. The van der Waals surface area contributed by atoms with E-state index in [0.717, 1.165) is 32.7 Å². The Hall–Kier alpha value is -9.16. The van der Waals surface area contributed by atoms with Crippen LogP contribution in [0, 0.1) is 0 Å². The number of aromatic nitrogens is 2. The maximum Gasteiger partial charge on any atom is 0.203 e. The number of carbonyl (C=O) groups is 2. The first-order valence-corrected chi connectivity index (χ1v) is 23.4. The van der Waals surface area contributed by atoms with Crippen molar-refractivity contribution in [1.82, 2.24) is 9.97 Å². The molecular formula is C60H44N4O8. The fourth-order valence-electron chi connectivity index (χ4n) is 11.9. The molecule has 352 valence electrons. The van der Waals surface area contributed by atoms with Gasteiger partial charge in [0.15, 0.2) is 34.6 Å². The van der Waals surface area contributed by atoms with Gasteiger partial charge < -0.3 is 38.4 Å². The summed E-state index contributed by atoms with van der Waals surface area (Å²) in [5.41, 5.74) is 7.20. The van der Waals surface area contributed by atoms with Crippen molar-refractivity contribution in [3.05, 3.63) is 213 Å². The molecule has 2 spiro atoms. The molecule has 2 aliphatic carbocycles. The zero-order valence-corrected chi connectivity index (χ0v) is 40.0. The minimum absolute atomic E-state index is 0.0984. The third-order valence-electron chi connectivity index (χ3n) is 15.0. The molecule has 6 aromatic carbocycles. The number of methoxy groups -OCH3 is 6. The molecule has 12 heteroatoms. The Bertz CT molecular complexity index is 3740. The van der Waals surface area contributed by atoms with Crippen LogP contribution < -0.4 is 28.4 Å². The van der Waals surface area contributed by atoms with E-state index in [1.165, 1.54) is 0 Å². The average Bonchev–Trinajstić information content (AvgIpc) is 4.31. The molecule has 5 heterocycles. The predicted octanol–water partition coefficient (Wildman–Crippen LogP) is 10.9. The van der Waals surface area contributed by atoms with Crippen molar-refractivity contribution in [2.24, 2.45) is 9.98 Å². The van der Waals surface area contributed by atoms with Gasteiger partial charge in [0.25, 0.3) is 0 Å². The van der Waals surface area contributed by atoms with Gasteiger partial charge in [0.2, 0.25) is 11.5 Å². The molecule has 0 radical (unpaired) electrons. The smallest absolute Gasteiger partial charge is 0.203 e. The van der Waals surface area contributed by atoms with Crippen LogP contribution in [0.5, 0.6) is 34.5 Å². The second kappa shape index (κ2) is 15.7. The molecule has 12 nitrogen and oxygen atoms in total. The molecule has 2 N–H and O–H groups in total. The normalized spacial score (nSPS) is 21.1. The van der Waals surface area contributed by atoms with Gasteiger partial charge in [-0.25, -0.2) is 0 Å². The molecule has 0 atom stereocenters. The van der Waals surface area contributed by atoms with Crippen LogP contribution in [0.3, 0.4) is 0 Å². The number of hydrogen-bond donors (Lipinski definition) is 2. The van der Waals surface area contributed by atoms with Gasteiger partial charge in [-0.2, -0.15) is 0 Å². The van der Waals surface area contributed by atoms with Crippen LogP contribution >= 0.6 is 0 Å². The molecule has 8 bridgehead atoms. The first-order chi connectivity index (χ1) is 35.2. The van der Waals surface area contributed by atoms with Crippen LogP contribution in [0.25, 0.3) is 32.7 Å². The summed E-state index contributed by atoms with van der Waals surface area (Å²) in [5, 5.41) is 3.61. The van der Waals surface area contributed by atoms with E-state index in [0.29, 0.717) is 113 Å². The second-order valence-electron chi connectivity index (χ2n) is 18.2. The number of H-pyrrole nitrogens is 2. The minimum atomic E-state index is -1.48. The van der Waals surface area contributed by atoms with E-state index in [2.05, 4.69) is 9.97 Å². The topological polar surface area (TPSA) is 146 Å². The van der Waals surface area contributed by atoms with Gasteiger partial charge in [0, 0.05) is 45.0 Å². The van der Waals surface area contributed by atoms with Gasteiger partial charge in [0.1, 0.15) is 10.8 Å². The lowest BCUT2D eigenvalue weighted by atomic mass is 9.71. The molecule has 0 saturated carbocycles. The van der Waals surface area contributed by atoms with Gasteiger partial charge in [-0.1, -0.05) is 72.8 Å². The summed E-state index contributed by atoms with van der Waals surface area (Å²) in [6, 6.07) is 39.2. The summed E-state index contributed by atoms with van der Waals surface area (Å²) in [4.78, 5) is 50.3. The Balaban J connectivity index is 1.18. The molecule has 0 saturated heterocycles. The second-order valence-corrected chi connectivity index (χ2v) is 18.2. The monoisotopic (exact) mass is 948 g/mol. The molecule has 3 aliphatic heterocycles. The van der Waals surface area contributed by atoms with Crippen molar-refractivity contribution in [3.8, 4) is 34.5 Å². The first kappa shape index (κ1) is 42.9. The zero-order valence-electron chi connectivity index (χ0n) is 40.0. The van der Waals surface area contributed by atoms with Crippen LogP contribution in [0.2, 0.25) is 0 Å². The molecule has 72 heavy (non-hydrogen) atoms. The SMILES string of the molecule is COc1cc(/C2=C3\C=CC(=N3)C3(C(=O)c4cccc5cccc3c45)C3=N/C(=C(/c4cc(OC)c(OC)c(OC)c4)c4ccc([nH]4)C4(C(=O)c5cccc6cccc4c56)c4ccc2[nH]4)C=C3)cc(OC)c1OC. The molecule has 0 amide bonds. The maximum atomic E-state index is 15.8. The van der Waals surface area contributed by atoms with Crippen LogP contribution in [-0.4, -0.2) is 75.6 Å². The van der Waals surface area contributed by atoms with E-state index in [1.807, 2.05) is 146 Å². The number of benzene rings is 6. The number of nitrogens with one attached hydrogen (secondary N) is 2. The molecule has 2 aromatic heterocycles. The molecule has 0 unspecified atom stereocenters. The highest BCUT2D eigenvalue weighted by Gasteiger charge is 2.56. The van der Waals surface area contributed by atoms with E-state index in [1.54, 1.807) is 42.7 Å². The van der Waals surface area contributed by atoms with Crippen molar-refractivity contribution in [3.63, 3.8) is 0 Å². The van der Waals surface area contributed by atoms with Gasteiger partial charge in [0.05, 0.1) is 65.5 Å². The van der Waals surface area contributed by atoms with E-state index in [-0.39, 0.29) is 11.6 Å². The number of allylic oxidation sites excluding steroid dienone is 4. The van der Waals surface area contributed by atoms with Crippen molar-refractivity contribution < 1.29 is 38.0 Å². The first-order valence-electron chi connectivity index (χ1n) is 23.4. The van der Waals surface area contributed by atoms with Crippen LogP contribution in [-0.2, 0) is 10.8 Å². The van der Waals surface area contributed by atoms with E-state index >= 15 is 9.59 Å². The zero-order chi connectivity index (χ0) is 49.2. The Morgan fingerprint density at radius 1 is 0.431 bits per heavy atom. The number of fused-ring (bicyclic) bond motifs is 12. The van der Waals surface area contributed by atoms with Gasteiger partial charge >= 0.3 is 0 Å². The van der Waals surface area contributed by atoms with Gasteiger partial charge in [-0.15, -0.1) is 0 Å². The molecule has 5 aliphatic rings. The van der Waals surface area contributed by atoms with E-state index in [4.69, 9.17) is 38.4 Å². The third kappa shape index (κ3) is 5.51. The summed E-state index contributed by atoms with van der Waals surface area (Å²) in [7, 11) is 9.44. The molecule has 0 fully saturated rings. The fraction of sp³-hybridized carbons (Fsp3) is 0.133. The lowest BCUT2D eigenvalue weighted by molar-refractivity contribution is 0.0939. The summed E-state index contributed by atoms with van der Waals surface area (Å²) in [5.74, 6) is 2.35. The van der Waals surface area contributed by atoms with Gasteiger partial charge in [-0.3, -0.25) is 19.6 Å². The largest absolute Gasteiger partial charge is 0.493 e. The third-order valence-corrected chi connectivity index (χ3v) is 15.0. The quantitative estimate of drug-likeness (QED) is 0.153. The number of carbonyl (C=O) groups excluding carboxylic acids is 2. The average molecular weight is 949 g/mol. The van der Waals surface area contributed by atoms with Crippen molar-refractivity contribution in [2.45, 2.75) is 10.8 Å². The number of aromatic amines is 2. The Kier molecular flexibility index (Phi) is 9.34. The number of rotatable bonds is 8. The summed E-state index contributed by atoms with van der Waals surface area (Å²) < 4.78 is 35.3. The van der Waals surface area contributed by atoms with Crippen LogP contribution in [0.15, 0.2) is 167 Å². The summed E-state index contributed by atoms with van der Waals surface area (Å²) in [6.45, 7) is 0. The summed E-state index contributed by atoms with van der Waals surface area (Å²) in [6.07, 6.45) is 7.72. The van der Waals surface area contributed by atoms with E-state index < -0.39 is 10.8 Å². The molecule has 13 rings (SSSR count). The number of ether oxygens (including phenoxy) is 6. The van der Waals surface area contributed by atoms with Crippen molar-refractivity contribution >= 4 is 55.7 Å². The molecular weight excluding hydrogens is 905 g/mol. The van der Waals surface area contributed by atoms with E-state index in [9.17, 15) is 0 Å². The molecule has 8 aromatic rings. The lowest BCUT2D eigenvalue weighted by Gasteiger charge is -2.28. The fourth-order valence-corrected chi connectivity index (χ4v) is 11.9. The number of aliphatic imine (C=N–C) groups is 2. The lowest BCUT2D eigenvalue weighted by Crippen LogP contribution is -2.46. The highest BCUT2D eigenvalue weighted by molar-refractivity contribution is 6.46. The standard InChI is InChI=1S/C60H44N4O8/c1-67-43-27-33(28-44(68-2)55(43)71-5)53-39-19-23-47(61-39)59(37-17-9-13-31-11-7-15-35(51(31)37)57(59)65)49-25-21-41(63-49)54(34-29-45(69-3)56(72-6)46(30-34)70-4)42-22-26-50(64-42)60(48-24-20-40(53)62-48)38-18-10-14-32-12-8-16-36(52(32)38)58(60)66/h7-30,61,63H,1-6H3/b53-40-,54-42-. The number of hydrogen-bond acceptors (Lipinski definition) is 10. The van der Waals surface area contributed by atoms with Crippen LogP contribution in [0.4, 0.5) is 0 Å².